The smallest absolute Gasteiger partial charge is 0.255 e. The van der Waals surface area contributed by atoms with Gasteiger partial charge in [0.2, 0.25) is 0 Å². The number of hydrogen-bond donors (Lipinski definition) is 9. The van der Waals surface area contributed by atoms with Crippen LogP contribution in [0.25, 0.3) is 0 Å². The maximum Gasteiger partial charge on any atom is 0.255 e. The van der Waals surface area contributed by atoms with Gasteiger partial charge >= 0.3 is 0 Å². The molecule has 0 unspecified atom stereocenters. The molecule has 13 heteroatoms. The Labute approximate surface area is 241 Å². The van der Waals surface area contributed by atoms with Crippen molar-refractivity contribution in [2.45, 2.75) is 13.8 Å². The number of carbonyl (C=O) groups is 3. The number of carbonyl (C=O) groups excluding carboxylic acids is 3. The number of rotatable bonds is 12. The fourth-order valence-corrected chi connectivity index (χ4v) is 4.18. The molecule has 224 valence electrons. The maximum atomic E-state index is 12.6. The summed E-state index contributed by atoms with van der Waals surface area (Å²) in [6, 6.07) is 9.52. The van der Waals surface area contributed by atoms with E-state index >= 15 is 0 Å². The van der Waals surface area contributed by atoms with Crippen molar-refractivity contribution >= 4 is 17.7 Å². The molecule has 0 spiro atoms. The van der Waals surface area contributed by atoms with Crippen molar-refractivity contribution in [3.8, 4) is 34.5 Å². The molecule has 0 aliphatic carbocycles. The van der Waals surface area contributed by atoms with Crippen molar-refractivity contribution < 1.29 is 45.0 Å². The van der Waals surface area contributed by atoms with Crippen LogP contribution in [0.1, 0.15) is 42.2 Å². The molecular weight excluding hydrogens is 548 g/mol. The predicted molar refractivity (Wildman–Crippen MR) is 152 cm³/mol. The number of benzene rings is 3. The number of amides is 3. The fourth-order valence-electron chi connectivity index (χ4n) is 4.18. The summed E-state index contributed by atoms with van der Waals surface area (Å²) >= 11 is 0. The van der Waals surface area contributed by atoms with Gasteiger partial charge in [-0.05, 0) is 61.4 Å². The molecule has 0 aromatic heterocycles. The molecular formula is C29H34N4O9. The van der Waals surface area contributed by atoms with Crippen LogP contribution < -0.4 is 16.0 Å². The molecule has 0 fully saturated rings. The zero-order valence-electron chi connectivity index (χ0n) is 23.1. The highest BCUT2D eigenvalue weighted by Gasteiger charge is 2.18. The third-order valence-corrected chi connectivity index (χ3v) is 6.36. The number of hydrogen-bond acceptors (Lipinski definition) is 10. The molecule has 0 saturated carbocycles. The van der Waals surface area contributed by atoms with Crippen LogP contribution in [0.15, 0.2) is 42.5 Å². The van der Waals surface area contributed by atoms with Crippen molar-refractivity contribution in [2.75, 3.05) is 39.3 Å². The van der Waals surface area contributed by atoms with Crippen LogP contribution in [0.4, 0.5) is 0 Å². The van der Waals surface area contributed by atoms with Crippen molar-refractivity contribution in [2.24, 2.45) is 0 Å². The van der Waals surface area contributed by atoms with E-state index in [4.69, 9.17) is 0 Å². The molecule has 9 N–H and O–H groups in total. The van der Waals surface area contributed by atoms with Gasteiger partial charge in [-0.25, -0.2) is 0 Å². The van der Waals surface area contributed by atoms with E-state index in [0.29, 0.717) is 11.1 Å². The van der Waals surface area contributed by atoms with Crippen LogP contribution in [0.2, 0.25) is 0 Å². The predicted octanol–water partition coefficient (Wildman–Crippen LogP) is 1.43. The molecule has 13 nitrogen and oxygen atoms in total. The Hall–Kier alpha value is -5.17. The van der Waals surface area contributed by atoms with Gasteiger partial charge in [0.15, 0.2) is 34.5 Å². The van der Waals surface area contributed by atoms with Crippen molar-refractivity contribution in [3.63, 3.8) is 0 Å². The Bertz CT molecular complexity index is 1400. The lowest BCUT2D eigenvalue weighted by molar-refractivity contribution is 0.0944. The largest absolute Gasteiger partial charge is 0.504 e. The van der Waals surface area contributed by atoms with Gasteiger partial charge in [-0.15, -0.1) is 0 Å². The quantitative estimate of drug-likeness (QED) is 0.140. The first-order valence-electron chi connectivity index (χ1n) is 13.0. The lowest BCUT2D eigenvalue weighted by Gasteiger charge is -2.23. The van der Waals surface area contributed by atoms with Crippen LogP contribution >= 0.6 is 0 Å². The van der Waals surface area contributed by atoms with Crippen LogP contribution in [0.5, 0.6) is 34.5 Å². The normalized spacial score (nSPS) is 10.8. The van der Waals surface area contributed by atoms with Gasteiger partial charge in [-0.1, -0.05) is 6.07 Å². The van der Waals surface area contributed by atoms with Gasteiger partial charge in [-0.3, -0.25) is 19.3 Å². The minimum atomic E-state index is -0.616. The number of nitrogens with zero attached hydrogens (tertiary/aromatic N) is 1. The van der Waals surface area contributed by atoms with Crippen LogP contribution in [-0.4, -0.2) is 92.5 Å². The molecule has 3 aromatic rings. The van der Waals surface area contributed by atoms with E-state index in [1.807, 2.05) is 4.90 Å². The molecule has 3 rings (SSSR count). The minimum Gasteiger partial charge on any atom is -0.504 e. The molecule has 0 radical (unpaired) electrons. The van der Waals surface area contributed by atoms with Crippen molar-refractivity contribution in [3.05, 3.63) is 70.3 Å². The fraction of sp³-hybridized carbons (Fsp3) is 0.276. The summed E-state index contributed by atoms with van der Waals surface area (Å²) in [6.07, 6.45) is 0. The molecule has 0 saturated heterocycles. The van der Waals surface area contributed by atoms with E-state index < -0.39 is 52.2 Å². The van der Waals surface area contributed by atoms with Gasteiger partial charge in [-0.2, -0.15) is 0 Å². The first-order valence-corrected chi connectivity index (χ1v) is 13.0. The Balaban J connectivity index is 1.62. The number of aromatic hydroxyl groups is 6. The Morgan fingerprint density at radius 1 is 0.571 bits per heavy atom. The van der Waals surface area contributed by atoms with Gasteiger partial charge in [0.25, 0.3) is 17.7 Å². The van der Waals surface area contributed by atoms with Gasteiger partial charge in [0, 0.05) is 39.3 Å². The highest BCUT2D eigenvalue weighted by Crippen LogP contribution is 2.31. The second-order valence-corrected chi connectivity index (χ2v) is 9.64. The highest BCUT2D eigenvalue weighted by atomic mass is 16.3. The van der Waals surface area contributed by atoms with Crippen molar-refractivity contribution in [1.29, 1.82) is 0 Å². The summed E-state index contributed by atoms with van der Waals surface area (Å²) in [5, 5.41) is 67.2. The monoisotopic (exact) mass is 582 g/mol. The molecule has 42 heavy (non-hydrogen) atoms. The van der Waals surface area contributed by atoms with Gasteiger partial charge in [0.1, 0.15) is 0 Å². The topological polar surface area (TPSA) is 212 Å². The molecule has 0 bridgehead atoms. The Morgan fingerprint density at radius 3 is 1.38 bits per heavy atom. The summed E-state index contributed by atoms with van der Waals surface area (Å²) in [7, 11) is 0. The molecule has 0 aliphatic rings. The van der Waals surface area contributed by atoms with E-state index in [2.05, 4.69) is 16.0 Å². The third kappa shape index (κ3) is 7.95. The second-order valence-electron chi connectivity index (χ2n) is 9.64. The maximum absolute atomic E-state index is 12.6. The molecule has 0 atom stereocenters. The molecule has 3 amide bonds. The number of para-hydroxylation sites is 1. The van der Waals surface area contributed by atoms with Crippen LogP contribution in [0, 0.1) is 13.8 Å². The summed E-state index contributed by atoms with van der Waals surface area (Å²) in [5.41, 5.74) is 0.864. The number of nitrogens with one attached hydrogen (secondary N) is 3. The average Bonchev–Trinajstić information content (AvgIpc) is 2.93. The zero-order valence-corrected chi connectivity index (χ0v) is 23.1. The highest BCUT2D eigenvalue weighted by molar-refractivity contribution is 5.99. The summed E-state index contributed by atoms with van der Waals surface area (Å²) in [6.45, 7) is 4.40. The van der Waals surface area contributed by atoms with E-state index in [1.54, 1.807) is 13.8 Å². The Kier molecular flexibility index (Phi) is 10.4. The van der Waals surface area contributed by atoms with Crippen LogP contribution in [0.3, 0.4) is 0 Å². The van der Waals surface area contributed by atoms with Crippen LogP contribution in [-0.2, 0) is 0 Å². The standard InChI is InChI=1S/C29H34N4O9/c1-16-12-19(25(38)22(35)14-16)28(41)31-7-10-33(9-6-30-27(40)18-4-3-5-21(34)24(18)37)11-8-32-29(42)20-13-17(2)15-23(36)26(20)39/h3-5,12-15,34-39H,6-11H2,1-2H3,(H,30,40)(H,31,41)(H,32,42). The number of phenols is 6. The zero-order chi connectivity index (χ0) is 31.0. The lowest BCUT2D eigenvalue weighted by Crippen LogP contribution is -2.43. The van der Waals surface area contributed by atoms with Crippen molar-refractivity contribution in [1.82, 2.24) is 20.9 Å². The summed E-state index contributed by atoms with van der Waals surface area (Å²) in [4.78, 5) is 39.5. The molecule has 0 heterocycles. The van der Waals surface area contributed by atoms with E-state index in [0.717, 1.165) is 0 Å². The summed E-state index contributed by atoms with van der Waals surface area (Å²) < 4.78 is 0. The number of phenolic OH excluding ortho intramolecular Hbond substituents is 6. The van der Waals surface area contributed by atoms with Gasteiger partial charge < -0.3 is 46.6 Å². The first kappa shape index (κ1) is 31.4. The van der Waals surface area contributed by atoms with E-state index in [1.165, 1.54) is 42.5 Å². The van der Waals surface area contributed by atoms with Gasteiger partial charge in [0.05, 0.1) is 16.7 Å². The first-order chi connectivity index (χ1) is 19.9. The Morgan fingerprint density at radius 2 is 0.952 bits per heavy atom. The SMILES string of the molecule is Cc1cc(O)c(O)c(C(=O)NCCN(CCNC(=O)c2cccc(O)c2O)CCNC(=O)c2cc(C)cc(O)c2O)c1. The average molecular weight is 583 g/mol. The molecule has 3 aromatic carbocycles. The molecule has 0 aliphatic heterocycles. The summed E-state index contributed by atoms with van der Waals surface area (Å²) in [5.74, 6) is -4.73. The lowest BCUT2D eigenvalue weighted by atomic mass is 10.1. The van der Waals surface area contributed by atoms with E-state index in [-0.39, 0.29) is 56.0 Å². The minimum absolute atomic E-state index is 0.0919. The van der Waals surface area contributed by atoms with E-state index in [9.17, 15) is 45.0 Å². The number of aryl methyl sites for hydroxylation is 2. The second kappa shape index (κ2) is 13.9. The third-order valence-electron chi connectivity index (χ3n) is 6.36.